The standard InChI is InChI=1S/C8H9BrN6OS/c1-14(8-10-4-6(9)17-8)7(16)2-3-15-5-11-12-13-15/h4-5H,2-3H2,1H3. The van der Waals surface area contributed by atoms with Crippen LogP contribution >= 0.6 is 27.3 Å². The van der Waals surface area contributed by atoms with Gasteiger partial charge in [0.1, 0.15) is 6.33 Å². The lowest BCUT2D eigenvalue weighted by atomic mass is 10.4. The Hall–Kier alpha value is -1.35. The molecule has 0 spiro atoms. The Labute approximate surface area is 110 Å². The third kappa shape index (κ3) is 3.07. The molecule has 0 atom stereocenters. The van der Waals surface area contributed by atoms with Gasteiger partial charge < -0.3 is 0 Å². The summed E-state index contributed by atoms with van der Waals surface area (Å²) in [5.74, 6) is -0.0256. The number of nitrogens with zero attached hydrogens (tertiary/aromatic N) is 6. The van der Waals surface area contributed by atoms with E-state index in [2.05, 4.69) is 36.4 Å². The highest BCUT2D eigenvalue weighted by atomic mass is 79.9. The number of amides is 1. The van der Waals surface area contributed by atoms with Crippen molar-refractivity contribution < 1.29 is 4.79 Å². The van der Waals surface area contributed by atoms with E-state index in [4.69, 9.17) is 0 Å². The monoisotopic (exact) mass is 316 g/mol. The molecular formula is C8H9BrN6OS. The molecule has 7 nitrogen and oxygen atoms in total. The van der Waals surface area contributed by atoms with E-state index in [1.165, 1.54) is 27.2 Å². The van der Waals surface area contributed by atoms with Gasteiger partial charge in [0.15, 0.2) is 5.13 Å². The van der Waals surface area contributed by atoms with E-state index in [9.17, 15) is 4.79 Å². The summed E-state index contributed by atoms with van der Waals surface area (Å²) in [4.78, 5) is 17.5. The largest absolute Gasteiger partial charge is 0.291 e. The van der Waals surface area contributed by atoms with Gasteiger partial charge in [-0.1, -0.05) is 11.3 Å². The van der Waals surface area contributed by atoms with Crippen LogP contribution < -0.4 is 4.90 Å². The smallest absolute Gasteiger partial charge is 0.230 e. The minimum Gasteiger partial charge on any atom is -0.291 e. The quantitative estimate of drug-likeness (QED) is 0.839. The minimum atomic E-state index is -0.0256. The lowest BCUT2D eigenvalue weighted by Crippen LogP contribution is -2.27. The van der Waals surface area contributed by atoms with E-state index < -0.39 is 0 Å². The number of carbonyl (C=O) groups excluding carboxylic acids is 1. The number of hydrogen-bond acceptors (Lipinski definition) is 6. The number of halogens is 1. The summed E-state index contributed by atoms with van der Waals surface area (Å²) in [7, 11) is 1.70. The molecule has 0 bridgehead atoms. The van der Waals surface area contributed by atoms with Crippen LogP contribution in [0.15, 0.2) is 16.3 Å². The number of carbonyl (C=O) groups is 1. The van der Waals surface area contributed by atoms with Crippen molar-refractivity contribution in [2.75, 3.05) is 11.9 Å². The van der Waals surface area contributed by atoms with Gasteiger partial charge in [0.2, 0.25) is 5.91 Å². The first-order valence-corrected chi connectivity index (χ1v) is 6.36. The molecule has 0 unspecified atom stereocenters. The summed E-state index contributed by atoms with van der Waals surface area (Å²) in [6.07, 6.45) is 3.48. The van der Waals surface area contributed by atoms with E-state index in [1.807, 2.05) is 0 Å². The average molecular weight is 317 g/mol. The van der Waals surface area contributed by atoms with Crippen molar-refractivity contribution >= 4 is 38.3 Å². The van der Waals surface area contributed by atoms with Crippen LogP contribution in [-0.2, 0) is 11.3 Å². The Bertz CT molecular complexity index is 498. The zero-order valence-corrected chi connectivity index (χ0v) is 11.3. The highest BCUT2D eigenvalue weighted by Crippen LogP contribution is 2.26. The number of hydrogen-bond donors (Lipinski definition) is 0. The number of tetrazole rings is 1. The molecule has 0 aliphatic carbocycles. The fourth-order valence-electron chi connectivity index (χ4n) is 1.17. The van der Waals surface area contributed by atoms with Crippen molar-refractivity contribution in [2.45, 2.75) is 13.0 Å². The topological polar surface area (TPSA) is 76.8 Å². The molecule has 2 heterocycles. The lowest BCUT2D eigenvalue weighted by molar-refractivity contribution is -0.118. The second-order valence-corrected chi connectivity index (χ2v) is 5.61. The van der Waals surface area contributed by atoms with Gasteiger partial charge in [-0.3, -0.25) is 9.69 Å². The van der Waals surface area contributed by atoms with Gasteiger partial charge in [-0.25, -0.2) is 9.67 Å². The van der Waals surface area contributed by atoms with Crippen molar-refractivity contribution in [2.24, 2.45) is 0 Å². The number of aromatic nitrogens is 5. The SMILES string of the molecule is CN(C(=O)CCn1cnnn1)c1ncc(Br)s1. The molecule has 0 aliphatic heterocycles. The molecular weight excluding hydrogens is 308 g/mol. The molecule has 0 aliphatic rings. The van der Waals surface area contributed by atoms with Gasteiger partial charge >= 0.3 is 0 Å². The molecule has 0 saturated heterocycles. The summed E-state index contributed by atoms with van der Waals surface area (Å²) >= 11 is 4.72. The van der Waals surface area contributed by atoms with Crippen molar-refractivity contribution in [3.8, 4) is 0 Å². The molecule has 0 aromatic carbocycles. The van der Waals surface area contributed by atoms with Gasteiger partial charge in [0.05, 0.1) is 16.5 Å². The van der Waals surface area contributed by atoms with Gasteiger partial charge in [-0.15, -0.1) is 5.10 Å². The number of anilines is 1. The van der Waals surface area contributed by atoms with Crippen LogP contribution in [-0.4, -0.2) is 38.1 Å². The summed E-state index contributed by atoms with van der Waals surface area (Å²) in [5.41, 5.74) is 0. The third-order valence-electron chi connectivity index (χ3n) is 2.07. The summed E-state index contributed by atoms with van der Waals surface area (Å²) in [6, 6.07) is 0. The van der Waals surface area contributed by atoms with E-state index in [0.717, 1.165) is 3.79 Å². The Kier molecular flexibility index (Phi) is 3.79. The maximum atomic E-state index is 11.8. The maximum absolute atomic E-state index is 11.8. The van der Waals surface area contributed by atoms with E-state index in [1.54, 1.807) is 13.2 Å². The summed E-state index contributed by atoms with van der Waals surface area (Å²) in [5, 5.41) is 11.3. The Morgan fingerprint density at radius 1 is 1.65 bits per heavy atom. The third-order valence-corrected chi connectivity index (χ3v) is 3.63. The van der Waals surface area contributed by atoms with Crippen LogP contribution in [0.1, 0.15) is 6.42 Å². The van der Waals surface area contributed by atoms with Gasteiger partial charge in [-0.05, 0) is 26.4 Å². The molecule has 0 radical (unpaired) electrons. The number of rotatable bonds is 4. The van der Waals surface area contributed by atoms with Gasteiger partial charge in [-0.2, -0.15) is 0 Å². The van der Waals surface area contributed by atoms with E-state index in [-0.39, 0.29) is 5.91 Å². The van der Waals surface area contributed by atoms with E-state index in [0.29, 0.717) is 18.1 Å². The molecule has 9 heteroatoms. The molecule has 17 heavy (non-hydrogen) atoms. The Morgan fingerprint density at radius 3 is 3.06 bits per heavy atom. The first-order chi connectivity index (χ1) is 8.16. The highest BCUT2D eigenvalue weighted by molar-refractivity contribution is 9.11. The van der Waals surface area contributed by atoms with Crippen molar-refractivity contribution in [3.63, 3.8) is 0 Å². The lowest BCUT2D eigenvalue weighted by Gasteiger charge is -2.12. The van der Waals surface area contributed by atoms with Gasteiger partial charge in [0.25, 0.3) is 0 Å². The first-order valence-electron chi connectivity index (χ1n) is 4.75. The molecule has 2 aromatic rings. The molecule has 2 rings (SSSR count). The number of aryl methyl sites for hydroxylation is 1. The van der Waals surface area contributed by atoms with Crippen molar-refractivity contribution in [1.29, 1.82) is 0 Å². The van der Waals surface area contributed by atoms with Crippen LogP contribution in [0.3, 0.4) is 0 Å². The predicted molar refractivity (Wildman–Crippen MR) is 65.7 cm³/mol. The maximum Gasteiger partial charge on any atom is 0.230 e. The molecule has 0 saturated carbocycles. The van der Waals surface area contributed by atoms with Crippen LogP contribution in [0.25, 0.3) is 0 Å². The Morgan fingerprint density at radius 2 is 2.47 bits per heavy atom. The fourth-order valence-corrected chi connectivity index (χ4v) is 2.33. The van der Waals surface area contributed by atoms with Crippen LogP contribution in [0.4, 0.5) is 5.13 Å². The zero-order valence-electron chi connectivity index (χ0n) is 8.95. The molecule has 2 aromatic heterocycles. The second-order valence-electron chi connectivity index (χ2n) is 3.22. The zero-order chi connectivity index (χ0) is 12.3. The van der Waals surface area contributed by atoms with Crippen molar-refractivity contribution in [1.82, 2.24) is 25.2 Å². The Balaban J connectivity index is 1.91. The van der Waals surface area contributed by atoms with E-state index >= 15 is 0 Å². The van der Waals surface area contributed by atoms with Crippen molar-refractivity contribution in [3.05, 3.63) is 16.3 Å². The average Bonchev–Trinajstić information content (AvgIpc) is 2.95. The van der Waals surface area contributed by atoms with Crippen LogP contribution in [0, 0.1) is 0 Å². The molecule has 0 fully saturated rings. The molecule has 0 N–H and O–H groups in total. The summed E-state index contributed by atoms with van der Waals surface area (Å²) in [6.45, 7) is 0.461. The number of thiazole rings is 1. The van der Waals surface area contributed by atoms with Gasteiger partial charge in [0, 0.05) is 13.5 Å². The predicted octanol–water partition coefficient (Wildman–Crippen LogP) is 0.945. The minimum absolute atomic E-state index is 0.0256. The first kappa shape index (κ1) is 12.1. The normalized spacial score (nSPS) is 10.5. The fraction of sp³-hybridized carbons (Fsp3) is 0.375. The van der Waals surface area contributed by atoms with Crippen LogP contribution in [0.2, 0.25) is 0 Å². The molecule has 1 amide bonds. The van der Waals surface area contributed by atoms with Crippen LogP contribution in [0.5, 0.6) is 0 Å². The highest BCUT2D eigenvalue weighted by Gasteiger charge is 2.14. The molecule has 90 valence electrons. The summed E-state index contributed by atoms with van der Waals surface area (Å²) < 4.78 is 2.41. The second kappa shape index (κ2) is 5.32.